The van der Waals surface area contributed by atoms with Gasteiger partial charge in [-0.2, -0.15) is 0 Å². The Morgan fingerprint density at radius 1 is 1.39 bits per heavy atom. The van der Waals surface area contributed by atoms with Crippen LogP contribution in [-0.2, 0) is 4.79 Å². The lowest BCUT2D eigenvalue weighted by Gasteiger charge is -2.21. The van der Waals surface area contributed by atoms with Crippen LogP contribution in [0.1, 0.15) is 18.0 Å². The molecular weight excluding hydrogens is 234 g/mol. The van der Waals surface area contributed by atoms with Crippen molar-refractivity contribution in [1.82, 2.24) is 5.01 Å². The summed E-state index contributed by atoms with van der Waals surface area (Å²) in [6, 6.07) is 5.05. The van der Waals surface area contributed by atoms with Gasteiger partial charge in [0.25, 0.3) is 0 Å². The summed E-state index contributed by atoms with van der Waals surface area (Å²) in [7, 11) is 1.50. The van der Waals surface area contributed by atoms with Crippen molar-refractivity contribution in [3.8, 4) is 11.5 Å². The maximum atomic E-state index is 11.5. The van der Waals surface area contributed by atoms with Crippen molar-refractivity contribution < 1.29 is 14.3 Å². The fraction of sp³-hybridized carbons (Fsp3) is 0.417. The minimum atomic E-state index is -0.403. The number of hydrazine groups is 1. The molecule has 1 aromatic rings. The van der Waals surface area contributed by atoms with Gasteiger partial charge < -0.3 is 15.2 Å². The summed E-state index contributed by atoms with van der Waals surface area (Å²) in [6.07, 6.45) is 0.159. The van der Waals surface area contributed by atoms with Crippen LogP contribution in [0.15, 0.2) is 18.2 Å². The Balaban J connectivity index is 2.11. The van der Waals surface area contributed by atoms with Crippen LogP contribution in [0.5, 0.6) is 11.5 Å². The van der Waals surface area contributed by atoms with Crippen molar-refractivity contribution in [1.29, 1.82) is 0 Å². The number of rotatable bonds is 3. The third-order valence-electron chi connectivity index (χ3n) is 2.78. The van der Waals surface area contributed by atoms with Gasteiger partial charge in [0.15, 0.2) is 11.5 Å². The minimum absolute atomic E-state index is 0.159. The Morgan fingerprint density at radius 2 is 2.06 bits per heavy atom. The van der Waals surface area contributed by atoms with Gasteiger partial charge in [-0.15, -0.1) is 0 Å². The highest BCUT2D eigenvalue weighted by molar-refractivity contribution is 5.76. The second-order valence-electron chi connectivity index (χ2n) is 4.22. The molecule has 98 valence electrons. The normalized spacial score (nSPS) is 15.1. The zero-order valence-corrected chi connectivity index (χ0v) is 10.3. The average molecular weight is 251 g/mol. The van der Waals surface area contributed by atoms with Crippen molar-refractivity contribution in [3.05, 3.63) is 23.8 Å². The van der Waals surface area contributed by atoms with Crippen LogP contribution in [0.3, 0.4) is 0 Å². The number of hydrogen-bond donors (Lipinski definition) is 2. The fourth-order valence-electron chi connectivity index (χ4n) is 1.74. The molecule has 0 radical (unpaired) electrons. The summed E-state index contributed by atoms with van der Waals surface area (Å²) in [6.45, 7) is 1.07. The number of carbonyl (C=O) groups is 1. The van der Waals surface area contributed by atoms with Crippen LogP contribution in [0.2, 0.25) is 0 Å². The minimum Gasteiger partial charge on any atom is -0.486 e. The van der Waals surface area contributed by atoms with E-state index in [2.05, 4.69) is 0 Å². The number of ether oxygens (including phenoxy) is 2. The summed E-state index contributed by atoms with van der Waals surface area (Å²) < 4.78 is 10.9. The van der Waals surface area contributed by atoms with Crippen LogP contribution in [-0.4, -0.2) is 31.2 Å². The van der Waals surface area contributed by atoms with Gasteiger partial charge in [0.2, 0.25) is 5.91 Å². The van der Waals surface area contributed by atoms with Crippen molar-refractivity contribution in [2.24, 2.45) is 11.6 Å². The molecule has 2 rings (SSSR count). The zero-order valence-electron chi connectivity index (χ0n) is 10.3. The van der Waals surface area contributed by atoms with Gasteiger partial charge in [0.05, 0.1) is 0 Å². The average Bonchev–Trinajstić information content (AvgIpc) is 2.37. The van der Waals surface area contributed by atoms with Gasteiger partial charge in [0.1, 0.15) is 13.2 Å². The summed E-state index contributed by atoms with van der Waals surface area (Å²) in [5.74, 6) is 6.52. The molecular formula is C12H17N3O3. The highest BCUT2D eigenvalue weighted by atomic mass is 16.6. The van der Waals surface area contributed by atoms with Gasteiger partial charge >= 0.3 is 0 Å². The van der Waals surface area contributed by atoms with E-state index in [1.54, 1.807) is 6.07 Å². The Bertz CT molecular complexity index is 448. The Labute approximate surface area is 105 Å². The molecule has 1 amide bonds. The Hall–Kier alpha value is -1.79. The van der Waals surface area contributed by atoms with Gasteiger partial charge in [-0.3, -0.25) is 9.80 Å². The first-order valence-corrected chi connectivity index (χ1v) is 5.74. The largest absolute Gasteiger partial charge is 0.486 e. The number of nitrogens with two attached hydrogens (primary N) is 2. The lowest BCUT2D eigenvalue weighted by Crippen LogP contribution is -2.35. The number of carbonyl (C=O) groups excluding carboxylic acids is 1. The van der Waals surface area contributed by atoms with E-state index in [-0.39, 0.29) is 12.3 Å². The number of nitrogens with zero attached hydrogens (tertiary/aromatic N) is 1. The molecule has 0 spiro atoms. The van der Waals surface area contributed by atoms with Crippen LogP contribution in [0, 0.1) is 0 Å². The van der Waals surface area contributed by atoms with E-state index < -0.39 is 6.04 Å². The van der Waals surface area contributed by atoms with Gasteiger partial charge in [-0.1, -0.05) is 6.07 Å². The first-order chi connectivity index (χ1) is 8.58. The van der Waals surface area contributed by atoms with E-state index in [9.17, 15) is 4.79 Å². The van der Waals surface area contributed by atoms with Crippen molar-refractivity contribution in [3.63, 3.8) is 0 Å². The molecule has 0 aliphatic carbocycles. The molecule has 0 bridgehead atoms. The molecule has 1 unspecified atom stereocenters. The lowest BCUT2D eigenvalue weighted by molar-refractivity contribution is -0.130. The monoisotopic (exact) mass is 251 g/mol. The maximum absolute atomic E-state index is 11.5. The second-order valence-corrected chi connectivity index (χ2v) is 4.22. The predicted molar refractivity (Wildman–Crippen MR) is 65.9 cm³/mol. The molecule has 18 heavy (non-hydrogen) atoms. The summed E-state index contributed by atoms with van der Waals surface area (Å²) in [4.78, 5) is 11.5. The molecule has 1 heterocycles. The highest BCUT2D eigenvalue weighted by Gasteiger charge is 2.17. The number of fused-ring (bicyclic) bond motifs is 1. The molecule has 0 saturated carbocycles. The second kappa shape index (κ2) is 5.24. The standard InChI is InChI=1S/C12H17N3O3/c1-15(14)12(16)7-9(13)8-2-3-10-11(6-8)18-5-4-17-10/h2-3,6,9H,4-5,7,13-14H2,1H3. The number of hydrogen-bond acceptors (Lipinski definition) is 5. The third kappa shape index (κ3) is 2.72. The molecule has 1 aliphatic heterocycles. The van der Waals surface area contributed by atoms with E-state index in [0.29, 0.717) is 24.7 Å². The summed E-state index contributed by atoms with van der Waals surface area (Å²) in [5.41, 5.74) is 6.80. The smallest absolute Gasteiger partial charge is 0.238 e. The van der Waals surface area contributed by atoms with Gasteiger partial charge in [-0.05, 0) is 17.7 Å². The molecule has 0 aromatic heterocycles. The zero-order chi connectivity index (χ0) is 13.1. The molecule has 6 heteroatoms. The molecule has 6 nitrogen and oxygen atoms in total. The fourth-order valence-corrected chi connectivity index (χ4v) is 1.74. The summed E-state index contributed by atoms with van der Waals surface area (Å²) in [5, 5.41) is 1.04. The Morgan fingerprint density at radius 3 is 2.72 bits per heavy atom. The third-order valence-corrected chi connectivity index (χ3v) is 2.78. The molecule has 0 fully saturated rings. The molecule has 0 saturated heterocycles. The van der Waals surface area contributed by atoms with Gasteiger partial charge in [-0.25, -0.2) is 5.84 Å². The topological polar surface area (TPSA) is 90.8 Å². The molecule has 1 aromatic carbocycles. The van der Waals surface area contributed by atoms with Crippen molar-refractivity contribution >= 4 is 5.91 Å². The number of benzene rings is 1. The van der Waals surface area contributed by atoms with Crippen LogP contribution in [0.4, 0.5) is 0 Å². The Kier molecular flexibility index (Phi) is 3.69. The lowest BCUT2D eigenvalue weighted by atomic mass is 10.0. The molecule has 4 N–H and O–H groups in total. The van der Waals surface area contributed by atoms with Gasteiger partial charge in [0, 0.05) is 19.5 Å². The SMILES string of the molecule is CN(N)C(=O)CC(N)c1ccc2c(c1)OCCO2. The predicted octanol–water partition coefficient (Wildman–Crippen LogP) is 0.180. The van der Waals surface area contributed by atoms with Crippen molar-refractivity contribution in [2.45, 2.75) is 12.5 Å². The summed E-state index contributed by atoms with van der Waals surface area (Å²) >= 11 is 0. The van der Waals surface area contributed by atoms with Crippen LogP contribution < -0.4 is 21.1 Å². The number of amides is 1. The van der Waals surface area contributed by atoms with Crippen LogP contribution in [0.25, 0.3) is 0 Å². The first kappa shape index (κ1) is 12.7. The highest BCUT2D eigenvalue weighted by Crippen LogP contribution is 2.32. The maximum Gasteiger partial charge on any atom is 0.238 e. The van der Waals surface area contributed by atoms with E-state index >= 15 is 0 Å². The van der Waals surface area contributed by atoms with E-state index in [4.69, 9.17) is 21.1 Å². The van der Waals surface area contributed by atoms with Crippen LogP contribution >= 0.6 is 0 Å². The van der Waals surface area contributed by atoms with Crippen molar-refractivity contribution in [2.75, 3.05) is 20.3 Å². The quantitative estimate of drug-likeness (QED) is 0.454. The first-order valence-electron chi connectivity index (χ1n) is 5.74. The molecule has 1 atom stereocenters. The van der Waals surface area contributed by atoms with E-state index in [1.165, 1.54) is 7.05 Å². The van der Waals surface area contributed by atoms with E-state index in [0.717, 1.165) is 10.6 Å². The van der Waals surface area contributed by atoms with E-state index in [1.807, 2.05) is 12.1 Å². The molecule has 1 aliphatic rings.